The molecule has 0 bridgehead atoms. The maximum absolute atomic E-state index is 14.5. The molecule has 2 aromatic rings. The van der Waals surface area contributed by atoms with Gasteiger partial charge in [-0.2, -0.15) is 4.98 Å². The number of rotatable bonds is 6. The van der Waals surface area contributed by atoms with Gasteiger partial charge in [-0.1, -0.05) is 11.2 Å². The predicted molar refractivity (Wildman–Crippen MR) is 112 cm³/mol. The van der Waals surface area contributed by atoms with E-state index in [4.69, 9.17) is 20.4 Å². The lowest BCUT2D eigenvalue weighted by atomic mass is 9.95. The van der Waals surface area contributed by atoms with E-state index in [-0.39, 0.29) is 17.4 Å². The van der Waals surface area contributed by atoms with Crippen LogP contribution >= 0.6 is 0 Å². The number of halogens is 1. The number of ether oxygens (including phenoxy) is 1. The number of fused-ring (bicyclic) bond motifs is 1. The molecule has 2 aliphatic heterocycles. The first kappa shape index (κ1) is 19.1. The maximum atomic E-state index is 14.5. The molecule has 3 heterocycles. The summed E-state index contributed by atoms with van der Waals surface area (Å²) in [6.45, 7) is 0. The van der Waals surface area contributed by atoms with Gasteiger partial charge in [-0.05, 0) is 31.1 Å². The van der Waals surface area contributed by atoms with Gasteiger partial charge in [0.25, 0.3) is 0 Å². The third kappa shape index (κ3) is 3.37. The zero-order valence-electron chi connectivity index (χ0n) is 16.8. The Hall–Kier alpha value is -3.88. The Morgan fingerprint density at radius 1 is 1.42 bits per heavy atom. The van der Waals surface area contributed by atoms with Gasteiger partial charge >= 0.3 is 0 Å². The fourth-order valence-corrected chi connectivity index (χ4v) is 3.62. The minimum absolute atomic E-state index is 0.0229. The van der Waals surface area contributed by atoms with Crippen molar-refractivity contribution in [1.82, 2.24) is 20.4 Å². The number of benzene rings is 1. The number of nitrogens with two attached hydrogens (primary N) is 1. The largest absolute Gasteiger partial charge is 0.497 e. The van der Waals surface area contributed by atoms with E-state index in [9.17, 15) is 4.39 Å². The first-order valence-electron chi connectivity index (χ1n) is 9.92. The molecular formula is C22H21FN6O2. The van der Waals surface area contributed by atoms with Crippen LogP contribution in [0.3, 0.4) is 0 Å². The molecule has 1 unspecified atom stereocenters. The summed E-state index contributed by atoms with van der Waals surface area (Å²) in [4.78, 5) is 6.46. The number of allylic oxidation sites excluding steroid dienone is 3. The lowest BCUT2D eigenvalue weighted by molar-refractivity contribution is 0.374. The summed E-state index contributed by atoms with van der Waals surface area (Å²) in [6, 6.07) is 4.37. The molecule has 1 aromatic carbocycles. The monoisotopic (exact) mass is 420 g/mol. The van der Waals surface area contributed by atoms with Crippen LogP contribution < -0.4 is 15.8 Å². The Balaban J connectivity index is 1.43. The van der Waals surface area contributed by atoms with Crippen LogP contribution in [0.1, 0.15) is 36.0 Å². The molecule has 1 fully saturated rings. The van der Waals surface area contributed by atoms with Crippen molar-refractivity contribution in [3.8, 4) is 5.75 Å². The quantitative estimate of drug-likeness (QED) is 0.616. The second-order valence-electron chi connectivity index (χ2n) is 7.52. The van der Waals surface area contributed by atoms with Crippen LogP contribution in [-0.4, -0.2) is 34.0 Å². The van der Waals surface area contributed by atoms with Gasteiger partial charge in [-0.25, -0.2) is 4.39 Å². The van der Waals surface area contributed by atoms with Gasteiger partial charge in [0.05, 0.1) is 12.8 Å². The molecule has 0 spiro atoms. The topological polar surface area (TPSA) is 113 Å². The molecule has 9 heteroatoms. The Kier molecular flexibility index (Phi) is 4.58. The average Bonchev–Trinajstić information content (AvgIpc) is 3.36. The van der Waals surface area contributed by atoms with E-state index < -0.39 is 5.82 Å². The molecule has 1 saturated carbocycles. The normalized spacial score (nSPS) is 20.1. The predicted octanol–water partition coefficient (Wildman–Crippen LogP) is 2.99. The minimum Gasteiger partial charge on any atom is -0.497 e. The van der Waals surface area contributed by atoms with Crippen LogP contribution in [0.25, 0.3) is 5.70 Å². The highest BCUT2D eigenvalue weighted by atomic mass is 19.1. The third-order valence-electron chi connectivity index (χ3n) is 5.49. The van der Waals surface area contributed by atoms with Crippen LogP contribution in [0, 0.1) is 11.2 Å². The highest BCUT2D eigenvalue weighted by Crippen LogP contribution is 2.40. The number of nitrogens with one attached hydrogen (secondary N) is 2. The van der Waals surface area contributed by atoms with Gasteiger partial charge < -0.3 is 25.2 Å². The number of hydrogen-bond acceptors (Lipinski definition) is 8. The molecule has 3 aliphatic rings. The first-order chi connectivity index (χ1) is 15.1. The van der Waals surface area contributed by atoms with Crippen LogP contribution in [0.5, 0.6) is 5.75 Å². The Bertz CT molecular complexity index is 1170. The SMILES string of the molecule is COc1ccc(C(=N)/C(=C\N)C2=CN3C(c4noc(C5CC5)n4)=CNC3C=C2)c(F)c1. The second-order valence-corrected chi connectivity index (χ2v) is 7.52. The minimum atomic E-state index is -0.551. The molecular weight excluding hydrogens is 399 g/mol. The summed E-state index contributed by atoms with van der Waals surface area (Å²) in [7, 11) is 1.46. The van der Waals surface area contributed by atoms with Crippen molar-refractivity contribution in [1.29, 1.82) is 5.41 Å². The number of methoxy groups -OCH3 is 1. The molecule has 158 valence electrons. The van der Waals surface area contributed by atoms with Gasteiger partial charge in [-0.15, -0.1) is 0 Å². The standard InChI is InChI=1S/C22H21FN6O2/c1-30-14-5-6-15(17(23)8-14)20(25)16(9-24)13-4-7-19-26-10-18(29(19)11-13)21-27-22(31-28-21)12-2-3-12/h4-12,19,25-26H,2-3,24H2,1H3/b16-9-,25-20?. The molecule has 0 amide bonds. The average molecular weight is 420 g/mol. The highest BCUT2D eigenvalue weighted by Gasteiger charge is 2.33. The van der Waals surface area contributed by atoms with Crippen LogP contribution in [0.15, 0.2) is 64.6 Å². The summed E-state index contributed by atoms with van der Waals surface area (Å²) in [5.74, 6) is 1.36. The molecule has 0 saturated heterocycles. The summed E-state index contributed by atoms with van der Waals surface area (Å²) in [6.07, 6.45) is 10.8. The van der Waals surface area contributed by atoms with E-state index in [1.807, 2.05) is 29.5 Å². The lowest BCUT2D eigenvalue weighted by Crippen LogP contribution is -2.33. The van der Waals surface area contributed by atoms with Crippen LogP contribution in [0.4, 0.5) is 4.39 Å². The highest BCUT2D eigenvalue weighted by molar-refractivity contribution is 6.14. The van der Waals surface area contributed by atoms with E-state index in [1.165, 1.54) is 25.4 Å². The van der Waals surface area contributed by atoms with Gasteiger partial charge in [0, 0.05) is 47.3 Å². The van der Waals surface area contributed by atoms with Crippen molar-refractivity contribution in [2.75, 3.05) is 7.11 Å². The van der Waals surface area contributed by atoms with Crippen molar-refractivity contribution in [2.45, 2.75) is 24.9 Å². The smallest absolute Gasteiger partial charge is 0.230 e. The summed E-state index contributed by atoms with van der Waals surface area (Å²) >= 11 is 0. The Morgan fingerprint density at radius 2 is 2.26 bits per heavy atom. The van der Waals surface area contributed by atoms with E-state index >= 15 is 0 Å². The van der Waals surface area contributed by atoms with Crippen molar-refractivity contribution in [3.63, 3.8) is 0 Å². The van der Waals surface area contributed by atoms with Gasteiger partial charge in [0.15, 0.2) is 0 Å². The van der Waals surface area contributed by atoms with Gasteiger partial charge in [0.2, 0.25) is 11.7 Å². The van der Waals surface area contributed by atoms with Crippen molar-refractivity contribution >= 4 is 11.4 Å². The zero-order chi connectivity index (χ0) is 21.5. The van der Waals surface area contributed by atoms with E-state index in [1.54, 1.807) is 6.07 Å². The number of hydrogen-bond donors (Lipinski definition) is 3. The Labute approximate surface area is 178 Å². The summed E-state index contributed by atoms with van der Waals surface area (Å²) in [5, 5.41) is 15.9. The molecule has 5 rings (SSSR count). The molecule has 1 atom stereocenters. The summed E-state index contributed by atoms with van der Waals surface area (Å²) in [5.41, 5.74) is 7.79. The molecule has 1 aliphatic carbocycles. The fourth-order valence-electron chi connectivity index (χ4n) is 3.62. The molecule has 0 radical (unpaired) electrons. The van der Waals surface area contributed by atoms with E-state index in [0.29, 0.717) is 34.5 Å². The zero-order valence-corrected chi connectivity index (χ0v) is 16.8. The summed E-state index contributed by atoms with van der Waals surface area (Å²) < 4.78 is 25.0. The van der Waals surface area contributed by atoms with Crippen LogP contribution in [0.2, 0.25) is 0 Å². The van der Waals surface area contributed by atoms with Crippen molar-refractivity contribution < 1.29 is 13.7 Å². The Morgan fingerprint density at radius 3 is 2.97 bits per heavy atom. The number of aromatic nitrogens is 2. The van der Waals surface area contributed by atoms with Gasteiger partial charge in [-0.3, -0.25) is 5.41 Å². The van der Waals surface area contributed by atoms with Crippen molar-refractivity contribution in [3.05, 3.63) is 83.2 Å². The number of nitrogens with zero attached hydrogens (tertiary/aromatic N) is 3. The maximum Gasteiger partial charge on any atom is 0.230 e. The van der Waals surface area contributed by atoms with E-state index in [0.717, 1.165) is 18.5 Å². The molecule has 8 nitrogen and oxygen atoms in total. The third-order valence-corrected chi connectivity index (χ3v) is 5.49. The van der Waals surface area contributed by atoms with Crippen LogP contribution in [-0.2, 0) is 0 Å². The first-order valence-corrected chi connectivity index (χ1v) is 9.92. The fraction of sp³-hybridized carbons (Fsp3) is 0.227. The second kappa shape index (κ2) is 7.42. The van der Waals surface area contributed by atoms with Gasteiger partial charge in [0.1, 0.15) is 23.4 Å². The van der Waals surface area contributed by atoms with Crippen molar-refractivity contribution in [2.24, 2.45) is 5.73 Å². The van der Waals surface area contributed by atoms with E-state index in [2.05, 4.69) is 15.5 Å². The lowest BCUT2D eigenvalue weighted by Gasteiger charge is -2.27. The molecule has 1 aromatic heterocycles. The molecule has 4 N–H and O–H groups in total. The molecule has 31 heavy (non-hydrogen) atoms.